The highest BCUT2D eigenvalue weighted by Gasteiger charge is 2.21. The van der Waals surface area contributed by atoms with Crippen LogP contribution in [0.3, 0.4) is 0 Å². The van der Waals surface area contributed by atoms with E-state index in [0.717, 1.165) is 48.4 Å². The molecule has 7 nitrogen and oxygen atoms in total. The zero-order valence-corrected chi connectivity index (χ0v) is 21.6. The van der Waals surface area contributed by atoms with Crippen molar-refractivity contribution in [2.75, 3.05) is 13.2 Å². The zero-order chi connectivity index (χ0) is 21.5. The summed E-state index contributed by atoms with van der Waals surface area (Å²) in [5.41, 5.74) is 2.24. The molecular weight excluding hydrogens is 505 g/mol. The molecular formula is C23H36IN5O2. The third kappa shape index (κ3) is 7.02. The van der Waals surface area contributed by atoms with Crippen molar-refractivity contribution >= 4 is 29.9 Å². The van der Waals surface area contributed by atoms with E-state index in [1.165, 1.54) is 5.56 Å². The number of aliphatic imine (C=N–C) groups is 1. The van der Waals surface area contributed by atoms with Crippen LogP contribution in [-0.2, 0) is 26.1 Å². The Morgan fingerprint density at radius 1 is 1.32 bits per heavy atom. The first-order chi connectivity index (χ1) is 14.5. The second-order valence-electron chi connectivity index (χ2n) is 8.07. The van der Waals surface area contributed by atoms with Crippen molar-refractivity contribution in [3.8, 4) is 11.5 Å². The molecule has 0 spiro atoms. The number of benzene rings is 1. The molecule has 1 aromatic carbocycles. The van der Waals surface area contributed by atoms with Gasteiger partial charge < -0.3 is 24.7 Å². The Kier molecular flexibility index (Phi) is 9.93. The van der Waals surface area contributed by atoms with Crippen LogP contribution in [0.5, 0.6) is 11.5 Å². The van der Waals surface area contributed by atoms with Gasteiger partial charge in [-0.2, -0.15) is 0 Å². The predicted octanol–water partition coefficient (Wildman–Crippen LogP) is 4.13. The normalized spacial score (nSPS) is 15.3. The maximum atomic E-state index is 5.93. The lowest BCUT2D eigenvalue weighted by atomic mass is 10.1. The molecule has 0 radical (unpaired) electrons. The molecule has 172 valence electrons. The Morgan fingerprint density at radius 3 is 2.84 bits per heavy atom. The Labute approximate surface area is 203 Å². The molecule has 2 aromatic rings. The van der Waals surface area contributed by atoms with Gasteiger partial charge in [-0.1, -0.05) is 13.8 Å². The Hall–Kier alpha value is -1.97. The van der Waals surface area contributed by atoms with Crippen LogP contribution in [0.25, 0.3) is 0 Å². The van der Waals surface area contributed by atoms with Crippen molar-refractivity contribution < 1.29 is 9.47 Å². The van der Waals surface area contributed by atoms with Gasteiger partial charge in [0.1, 0.15) is 23.4 Å². The van der Waals surface area contributed by atoms with E-state index in [4.69, 9.17) is 14.5 Å². The first-order valence-corrected chi connectivity index (χ1v) is 11.0. The molecule has 1 atom stereocenters. The third-order valence-electron chi connectivity index (χ3n) is 4.91. The van der Waals surface area contributed by atoms with Gasteiger partial charge in [-0.05, 0) is 38.8 Å². The quantitative estimate of drug-likeness (QED) is 0.284. The van der Waals surface area contributed by atoms with Gasteiger partial charge in [0, 0.05) is 43.0 Å². The van der Waals surface area contributed by atoms with Crippen LogP contribution in [0, 0.1) is 5.92 Å². The molecule has 8 heteroatoms. The standard InChI is InChI=1S/C23H35N5O2.HI/c1-6-24-23(27-14-22-25-8-9-28(22)15-16(3)4)26-13-19-12-21-18(10-17(5)30-21)11-20(19)29-7-2;/h8-9,11-12,16-17H,6-7,10,13-15H2,1-5H3,(H2,24,26,27);1H. The predicted molar refractivity (Wildman–Crippen MR) is 136 cm³/mol. The molecule has 2 heterocycles. The minimum absolute atomic E-state index is 0. The van der Waals surface area contributed by atoms with E-state index in [2.05, 4.69) is 60.0 Å². The Morgan fingerprint density at radius 2 is 2.13 bits per heavy atom. The van der Waals surface area contributed by atoms with Crippen LogP contribution in [0.2, 0.25) is 0 Å². The molecule has 1 aliphatic rings. The van der Waals surface area contributed by atoms with E-state index in [9.17, 15) is 0 Å². The summed E-state index contributed by atoms with van der Waals surface area (Å²) in [5.74, 6) is 4.17. The SMILES string of the molecule is CCNC(=NCc1cc2c(cc1OCC)CC(C)O2)NCc1nccn1CC(C)C.I. The van der Waals surface area contributed by atoms with E-state index < -0.39 is 0 Å². The Bertz CT molecular complexity index is 866. The zero-order valence-electron chi connectivity index (χ0n) is 19.3. The summed E-state index contributed by atoms with van der Waals surface area (Å²) in [6, 6.07) is 4.18. The van der Waals surface area contributed by atoms with Crippen molar-refractivity contribution in [2.24, 2.45) is 10.9 Å². The van der Waals surface area contributed by atoms with Crippen LogP contribution in [0.15, 0.2) is 29.5 Å². The van der Waals surface area contributed by atoms with Crippen LogP contribution in [0.1, 0.15) is 51.6 Å². The van der Waals surface area contributed by atoms with Crippen molar-refractivity contribution in [1.82, 2.24) is 20.2 Å². The second kappa shape index (κ2) is 12.2. The van der Waals surface area contributed by atoms with Gasteiger partial charge in [0.25, 0.3) is 0 Å². The molecule has 1 aromatic heterocycles. The monoisotopic (exact) mass is 541 g/mol. The lowest BCUT2D eigenvalue weighted by Gasteiger charge is -2.15. The molecule has 0 amide bonds. The third-order valence-corrected chi connectivity index (χ3v) is 4.91. The van der Waals surface area contributed by atoms with E-state index >= 15 is 0 Å². The van der Waals surface area contributed by atoms with E-state index in [0.29, 0.717) is 25.6 Å². The largest absolute Gasteiger partial charge is 0.494 e. The smallest absolute Gasteiger partial charge is 0.191 e. The number of guanidine groups is 1. The fourth-order valence-corrected chi connectivity index (χ4v) is 3.63. The van der Waals surface area contributed by atoms with Gasteiger partial charge in [0.2, 0.25) is 0 Å². The molecule has 2 N–H and O–H groups in total. The first-order valence-electron chi connectivity index (χ1n) is 11.0. The highest BCUT2D eigenvalue weighted by Crippen LogP contribution is 2.35. The maximum Gasteiger partial charge on any atom is 0.191 e. The number of nitrogens with one attached hydrogen (secondary N) is 2. The van der Waals surface area contributed by atoms with Gasteiger partial charge >= 0.3 is 0 Å². The molecule has 31 heavy (non-hydrogen) atoms. The average molecular weight is 541 g/mol. The minimum Gasteiger partial charge on any atom is -0.494 e. The number of hydrogen-bond acceptors (Lipinski definition) is 4. The number of ether oxygens (including phenoxy) is 2. The van der Waals surface area contributed by atoms with Gasteiger partial charge in [-0.25, -0.2) is 9.98 Å². The topological polar surface area (TPSA) is 72.7 Å². The minimum atomic E-state index is 0. The number of halogens is 1. The number of aromatic nitrogens is 2. The number of fused-ring (bicyclic) bond motifs is 1. The molecule has 0 bridgehead atoms. The molecule has 1 unspecified atom stereocenters. The molecule has 3 rings (SSSR count). The summed E-state index contributed by atoms with van der Waals surface area (Å²) in [4.78, 5) is 9.27. The van der Waals surface area contributed by atoms with E-state index in [-0.39, 0.29) is 30.1 Å². The maximum absolute atomic E-state index is 5.93. The fourth-order valence-electron chi connectivity index (χ4n) is 3.63. The highest BCUT2D eigenvalue weighted by atomic mass is 127. The van der Waals surface area contributed by atoms with Crippen molar-refractivity contribution in [1.29, 1.82) is 0 Å². The van der Waals surface area contributed by atoms with Crippen LogP contribution in [-0.4, -0.2) is 34.8 Å². The second-order valence-corrected chi connectivity index (χ2v) is 8.07. The highest BCUT2D eigenvalue weighted by molar-refractivity contribution is 14.0. The lowest BCUT2D eigenvalue weighted by Crippen LogP contribution is -2.37. The molecule has 0 saturated carbocycles. The van der Waals surface area contributed by atoms with E-state index in [1.807, 2.05) is 19.3 Å². The summed E-state index contributed by atoms with van der Waals surface area (Å²) in [7, 11) is 0. The summed E-state index contributed by atoms with van der Waals surface area (Å²) in [5, 5.41) is 6.72. The van der Waals surface area contributed by atoms with Gasteiger partial charge in [0.05, 0.1) is 19.7 Å². The Balaban J connectivity index is 0.00000341. The van der Waals surface area contributed by atoms with Crippen molar-refractivity contribution in [3.05, 3.63) is 41.5 Å². The molecule has 0 aliphatic carbocycles. The summed E-state index contributed by atoms with van der Waals surface area (Å²) < 4.78 is 14.0. The van der Waals surface area contributed by atoms with Gasteiger partial charge in [0.15, 0.2) is 5.96 Å². The average Bonchev–Trinajstić information content (AvgIpc) is 3.28. The van der Waals surface area contributed by atoms with Crippen molar-refractivity contribution in [3.63, 3.8) is 0 Å². The van der Waals surface area contributed by atoms with Gasteiger partial charge in [-0.15, -0.1) is 24.0 Å². The summed E-state index contributed by atoms with van der Waals surface area (Å²) >= 11 is 0. The fraction of sp³-hybridized carbons (Fsp3) is 0.565. The number of rotatable bonds is 9. The molecule has 0 fully saturated rings. The summed E-state index contributed by atoms with van der Waals surface area (Å²) in [6.45, 7) is 14.1. The number of nitrogens with zero attached hydrogens (tertiary/aromatic N) is 3. The molecule has 0 saturated heterocycles. The number of hydrogen-bond donors (Lipinski definition) is 2. The van der Waals surface area contributed by atoms with E-state index in [1.54, 1.807) is 0 Å². The van der Waals surface area contributed by atoms with Crippen molar-refractivity contribution in [2.45, 2.75) is 66.8 Å². The van der Waals surface area contributed by atoms with Gasteiger partial charge in [-0.3, -0.25) is 0 Å². The van der Waals surface area contributed by atoms with Crippen LogP contribution in [0.4, 0.5) is 0 Å². The molecule has 1 aliphatic heterocycles. The van der Waals surface area contributed by atoms with Crippen LogP contribution < -0.4 is 20.1 Å². The lowest BCUT2D eigenvalue weighted by molar-refractivity contribution is 0.254. The van der Waals surface area contributed by atoms with Crippen LogP contribution >= 0.6 is 24.0 Å². The summed E-state index contributed by atoms with van der Waals surface area (Å²) in [6.07, 6.45) is 5.01. The number of imidazole rings is 1. The first kappa shape index (κ1) is 25.3.